The predicted molar refractivity (Wildman–Crippen MR) is 89.9 cm³/mol. The number of hydrogen-bond donors (Lipinski definition) is 0. The van der Waals surface area contributed by atoms with E-state index in [0.29, 0.717) is 4.90 Å². The van der Waals surface area contributed by atoms with Crippen LogP contribution in [-0.4, -0.2) is 44.1 Å². The van der Waals surface area contributed by atoms with Crippen LogP contribution in [0.1, 0.15) is 41.5 Å². The van der Waals surface area contributed by atoms with Crippen LogP contribution in [0, 0.1) is 0 Å². The molecule has 1 unspecified atom stereocenters. The van der Waals surface area contributed by atoms with Crippen LogP contribution in [0.2, 0.25) is 18.1 Å². The fourth-order valence-electron chi connectivity index (χ4n) is 2.28. The minimum absolute atomic E-state index is 0.151. The number of halogens is 2. The summed E-state index contributed by atoms with van der Waals surface area (Å²) in [4.78, 5) is 25.5. The van der Waals surface area contributed by atoms with Crippen LogP contribution in [0.15, 0.2) is 24.3 Å². The normalized spacial score (nSPS) is 16.8. The first kappa shape index (κ1) is 18.7. The number of benzene rings is 1. The van der Waals surface area contributed by atoms with Gasteiger partial charge in [-0.15, -0.1) is 0 Å². The molecule has 1 aliphatic heterocycles. The molecule has 0 fully saturated rings. The van der Waals surface area contributed by atoms with Crippen molar-refractivity contribution in [3.63, 3.8) is 0 Å². The van der Waals surface area contributed by atoms with Crippen LogP contribution in [-0.2, 0) is 4.43 Å². The zero-order valence-corrected chi connectivity index (χ0v) is 15.6. The van der Waals surface area contributed by atoms with Crippen molar-refractivity contribution in [1.29, 1.82) is 0 Å². The van der Waals surface area contributed by atoms with Crippen LogP contribution in [0.25, 0.3) is 0 Å². The molecule has 1 aromatic rings. The largest absolute Gasteiger partial charge is 0.414 e. The van der Waals surface area contributed by atoms with Gasteiger partial charge in [0.05, 0.1) is 17.7 Å². The van der Waals surface area contributed by atoms with Crippen LogP contribution in [0.3, 0.4) is 0 Å². The Bertz CT molecular complexity index is 620. The third kappa shape index (κ3) is 3.28. The zero-order valence-electron chi connectivity index (χ0n) is 14.6. The first-order chi connectivity index (χ1) is 11.0. The average Bonchev–Trinajstić information content (AvgIpc) is 2.71. The van der Waals surface area contributed by atoms with Crippen LogP contribution < -0.4 is 0 Å². The lowest BCUT2D eigenvalue weighted by Crippen LogP contribution is -2.50. The highest BCUT2D eigenvalue weighted by Crippen LogP contribution is 2.37. The van der Waals surface area contributed by atoms with E-state index < -0.39 is 32.6 Å². The van der Waals surface area contributed by atoms with Crippen LogP contribution >= 0.6 is 0 Å². The van der Waals surface area contributed by atoms with Gasteiger partial charge in [0.2, 0.25) is 0 Å². The van der Waals surface area contributed by atoms with Crippen LogP contribution in [0.4, 0.5) is 8.78 Å². The molecule has 0 N–H and O–H groups in total. The van der Waals surface area contributed by atoms with E-state index in [0.717, 1.165) is 0 Å². The molecule has 0 spiro atoms. The number of amides is 2. The number of nitrogens with zero attached hydrogens (tertiary/aromatic N) is 1. The number of imide groups is 1. The van der Waals surface area contributed by atoms with Gasteiger partial charge in [0.15, 0.2) is 8.32 Å². The fraction of sp³-hybridized carbons (Fsp3) is 0.529. The Balaban J connectivity index is 2.24. The maximum absolute atomic E-state index is 13.6. The lowest BCUT2D eigenvalue weighted by molar-refractivity contribution is 0.00668. The molecule has 0 radical (unpaired) electrons. The molecule has 7 heteroatoms. The molecular formula is C17H23F2NO3Si. The summed E-state index contributed by atoms with van der Waals surface area (Å²) in [5.74, 6) is -1.36. The smallest absolute Gasteiger partial charge is 0.262 e. The van der Waals surface area contributed by atoms with Crippen LogP contribution in [0.5, 0.6) is 0 Å². The number of carbonyl (C=O) groups excluding carboxylic acids is 2. The Morgan fingerprint density at radius 2 is 1.54 bits per heavy atom. The lowest BCUT2D eigenvalue weighted by Gasteiger charge is -2.38. The van der Waals surface area contributed by atoms with Crippen molar-refractivity contribution in [2.24, 2.45) is 0 Å². The molecule has 1 aromatic carbocycles. The summed E-state index contributed by atoms with van der Waals surface area (Å²) in [6, 6.07) is 4.60. The molecule has 0 saturated heterocycles. The molecule has 4 nitrogen and oxygen atoms in total. The van der Waals surface area contributed by atoms with Gasteiger partial charge in [-0.05, 0) is 30.3 Å². The van der Waals surface area contributed by atoms with E-state index >= 15 is 0 Å². The standard InChI is InChI=1S/C17H23F2NO3Si/c1-17(2,3)24(4,5)23-10-13(14(18)19)20-15(21)11-8-6-7-9-12(11)16(20)22/h6-9,13-14H,10H2,1-5H3. The molecule has 0 aromatic heterocycles. The topological polar surface area (TPSA) is 46.6 Å². The predicted octanol–water partition coefficient (Wildman–Crippen LogP) is 3.94. The molecule has 1 heterocycles. The van der Waals surface area contributed by atoms with E-state index in [1.807, 2.05) is 33.9 Å². The number of rotatable bonds is 5. The number of hydrogen-bond acceptors (Lipinski definition) is 3. The quantitative estimate of drug-likeness (QED) is 0.594. The van der Waals surface area contributed by atoms with E-state index in [1.165, 1.54) is 12.1 Å². The molecule has 0 bridgehead atoms. The number of carbonyl (C=O) groups is 2. The first-order valence-electron chi connectivity index (χ1n) is 7.86. The second-order valence-electron chi connectivity index (χ2n) is 7.50. The van der Waals surface area contributed by atoms with Gasteiger partial charge in [-0.3, -0.25) is 14.5 Å². The highest BCUT2D eigenvalue weighted by molar-refractivity contribution is 6.74. The van der Waals surface area contributed by atoms with Gasteiger partial charge in [0.1, 0.15) is 6.04 Å². The minimum atomic E-state index is -2.86. The van der Waals surface area contributed by atoms with E-state index in [1.54, 1.807) is 12.1 Å². The molecular weight excluding hydrogens is 332 g/mol. The van der Waals surface area contributed by atoms with Crippen molar-refractivity contribution in [2.45, 2.75) is 51.4 Å². The summed E-state index contributed by atoms with van der Waals surface area (Å²) < 4.78 is 33.0. The maximum atomic E-state index is 13.6. The molecule has 1 atom stereocenters. The monoisotopic (exact) mass is 355 g/mol. The summed E-state index contributed by atoms with van der Waals surface area (Å²) in [7, 11) is -2.27. The summed E-state index contributed by atoms with van der Waals surface area (Å²) in [6.45, 7) is 9.53. The fourth-order valence-corrected chi connectivity index (χ4v) is 3.30. The van der Waals surface area contributed by atoms with Gasteiger partial charge >= 0.3 is 0 Å². The lowest BCUT2D eigenvalue weighted by atomic mass is 10.1. The van der Waals surface area contributed by atoms with E-state index in [9.17, 15) is 18.4 Å². The Hall–Kier alpha value is -1.60. The van der Waals surface area contributed by atoms with Crippen molar-refractivity contribution in [1.82, 2.24) is 4.90 Å². The van der Waals surface area contributed by atoms with Gasteiger partial charge in [0.25, 0.3) is 18.2 Å². The van der Waals surface area contributed by atoms with Gasteiger partial charge < -0.3 is 4.43 Å². The average molecular weight is 355 g/mol. The van der Waals surface area contributed by atoms with Crippen molar-refractivity contribution < 1.29 is 22.8 Å². The first-order valence-corrected chi connectivity index (χ1v) is 10.8. The van der Waals surface area contributed by atoms with Gasteiger partial charge in [-0.25, -0.2) is 8.78 Å². The summed E-state index contributed by atoms with van der Waals surface area (Å²) >= 11 is 0. The Kier molecular flexibility index (Phi) is 4.97. The third-order valence-corrected chi connectivity index (χ3v) is 9.37. The van der Waals surface area contributed by atoms with Crippen molar-refractivity contribution in [3.05, 3.63) is 35.4 Å². The molecule has 2 amide bonds. The SMILES string of the molecule is CC(C)(C)[Si](C)(C)OCC(C(F)F)N1C(=O)c2ccccc2C1=O. The van der Waals surface area contributed by atoms with Gasteiger partial charge in [-0.1, -0.05) is 32.9 Å². The van der Waals surface area contributed by atoms with Crippen molar-refractivity contribution in [3.8, 4) is 0 Å². The highest BCUT2D eigenvalue weighted by Gasteiger charge is 2.45. The molecule has 0 aliphatic carbocycles. The van der Waals surface area contributed by atoms with Crippen molar-refractivity contribution in [2.75, 3.05) is 6.61 Å². The van der Waals surface area contributed by atoms with Crippen molar-refractivity contribution >= 4 is 20.1 Å². The molecule has 2 rings (SSSR count). The second kappa shape index (κ2) is 6.37. The van der Waals surface area contributed by atoms with E-state index in [2.05, 4.69) is 0 Å². The highest BCUT2D eigenvalue weighted by atomic mass is 28.4. The summed E-state index contributed by atoms with van der Waals surface area (Å²) in [6.07, 6.45) is -2.86. The minimum Gasteiger partial charge on any atom is -0.414 e. The van der Waals surface area contributed by atoms with Gasteiger partial charge in [-0.2, -0.15) is 0 Å². The summed E-state index contributed by atoms with van der Waals surface area (Å²) in [5.41, 5.74) is 0.334. The molecule has 0 saturated carbocycles. The third-order valence-electron chi connectivity index (χ3n) is 4.87. The zero-order chi connectivity index (χ0) is 18.3. The number of alkyl halides is 2. The number of fused-ring (bicyclic) bond motifs is 1. The Labute approximate surface area is 141 Å². The van der Waals surface area contributed by atoms with E-state index in [-0.39, 0.29) is 22.8 Å². The second-order valence-corrected chi connectivity index (χ2v) is 12.3. The Morgan fingerprint density at radius 3 is 1.92 bits per heavy atom. The van der Waals surface area contributed by atoms with Gasteiger partial charge in [0, 0.05) is 0 Å². The molecule has 24 heavy (non-hydrogen) atoms. The van der Waals surface area contributed by atoms with E-state index in [4.69, 9.17) is 4.43 Å². The summed E-state index contributed by atoms with van der Waals surface area (Å²) in [5, 5.41) is -0.151. The molecule has 1 aliphatic rings. The Morgan fingerprint density at radius 1 is 1.08 bits per heavy atom. The maximum Gasteiger partial charge on any atom is 0.262 e. The molecule has 132 valence electrons.